The molecule has 0 spiro atoms. The minimum absolute atomic E-state index is 0.255. The highest BCUT2D eigenvalue weighted by Gasteiger charge is 2.45. The van der Waals surface area contributed by atoms with Gasteiger partial charge in [0.05, 0.1) is 12.7 Å². The number of hydrogen-bond donors (Lipinski definition) is 0. The highest BCUT2D eigenvalue weighted by atomic mass is 16.5. The number of ether oxygens (including phenoxy) is 2. The van der Waals surface area contributed by atoms with Crippen LogP contribution in [0.5, 0.6) is 5.75 Å². The van der Waals surface area contributed by atoms with Crippen LogP contribution in [0.1, 0.15) is 76.9 Å². The number of fused-ring (bicyclic) bond motifs is 3. The zero-order valence-electron chi connectivity index (χ0n) is 17.5. The molecule has 1 aromatic carbocycles. The number of hydrogen-bond acceptors (Lipinski definition) is 3. The summed E-state index contributed by atoms with van der Waals surface area (Å²) in [5, 5.41) is 0. The zero-order chi connectivity index (χ0) is 18.8. The maximum absolute atomic E-state index is 6.39. The average molecular weight is 372 g/mol. The van der Waals surface area contributed by atoms with Crippen molar-refractivity contribution in [2.75, 3.05) is 25.2 Å². The Morgan fingerprint density at radius 3 is 2.70 bits per heavy atom. The van der Waals surface area contributed by atoms with E-state index in [9.17, 15) is 0 Å². The first kappa shape index (κ1) is 19.1. The van der Waals surface area contributed by atoms with Gasteiger partial charge >= 0.3 is 0 Å². The number of anilines is 1. The molecule has 1 aliphatic carbocycles. The SMILES string of the molecule is CC(C)CCOc1ccc2c(c1)C1OCCCC1C(C1CCCCC1)N2C. The van der Waals surface area contributed by atoms with Crippen LogP contribution in [0.15, 0.2) is 18.2 Å². The van der Waals surface area contributed by atoms with E-state index in [2.05, 4.69) is 44.0 Å². The summed E-state index contributed by atoms with van der Waals surface area (Å²) in [7, 11) is 2.32. The van der Waals surface area contributed by atoms with Crippen molar-refractivity contribution < 1.29 is 9.47 Å². The van der Waals surface area contributed by atoms with Crippen molar-refractivity contribution in [3.63, 3.8) is 0 Å². The Balaban J connectivity index is 1.60. The van der Waals surface area contributed by atoms with Gasteiger partial charge in [-0.1, -0.05) is 33.1 Å². The Hall–Kier alpha value is -1.22. The van der Waals surface area contributed by atoms with Crippen LogP contribution >= 0.6 is 0 Å². The van der Waals surface area contributed by atoms with Crippen LogP contribution in [-0.4, -0.2) is 26.3 Å². The molecule has 3 unspecified atom stereocenters. The number of benzene rings is 1. The van der Waals surface area contributed by atoms with Crippen molar-refractivity contribution in [1.29, 1.82) is 0 Å². The van der Waals surface area contributed by atoms with Crippen molar-refractivity contribution in [2.45, 2.75) is 77.4 Å². The summed E-state index contributed by atoms with van der Waals surface area (Å²) in [6, 6.07) is 7.35. The smallest absolute Gasteiger partial charge is 0.119 e. The van der Waals surface area contributed by atoms with Gasteiger partial charge in [-0.15, -0.1) is 0 Å². The van der Waals surface area contributed by atoms with Gasteiger partial charge in [-0.05, 0) is 62.1 Å². The fourth-order valence-electron chi connectivity index (χ4n) is 5.65. The number of rotatable bonds is 5. The lowest BCUT2D eigenvalue weighted by molar-refractivity contribution is -0.0507. The van der Waals surface area contributed by atoms with E-state index in [1.54, 1.807) is 0 Å². The molecular weight excluding hydrogens is 334 g/mol. The maximum atomic E-state index is 6.39. The minimum atomic E-state index is 0.255. The molecule has 3 atom stereocenters. The Bertz CT molecular complexity index is 623. The molecule has 0 amide bonds. The first-order chi connectivity index (χ1) is 13.1. The second-order valence-corrected chi connectivity index (χ2v) is 9.35. The summed E-state index contributed by atoms with van der Waals surface area (Å²) >= 11 is 0. The Labute approximate surface area is 165 Å². The normalized spacial score (nSPS) is 28.7. The third-order valence-electron chi connectivity index (χ3n) is 7.04. The third-order valence-corrected chi connectivity index (χ3v) is 7.04. The first-order valence-electron chi connectivity index (χ1n) is 11.3. The van der Waals surface area contributed by atoms with E-state index < -0.39 is 0 Å². The molecule has 3 nitrogen and oxygen atoms in total. The molecule has 1 saturated heterocycles. The summed E-state index contributed by atoms with van der Waals surface area (Å²) in [5.41, 5.74) is 2.72. The molecule has 3 heteroatoms. The summed E-state index contributed by atoms with van der Waals surface area (Å²) in [5.74, 6) is 3.14. The Morgan fingerprint density at radius 1 is 1.11 bits per heavy atom. The number of nitrogens with zero attached hydrogens (tertiary/aromatic N) is 1. The van der Waals surface area contributed by atoms with E-state index in [0.717, 1.165) is 31.3 Å². The molecular formula is C24H37NO2. The van der Waals surface area contributed by atoms with E-state index in [4.69, 9.17) is 9.47 Å². The molecule has 150 valence electrons. The fourth-order valence-corrected chi connectivity index (χ4v) is 5.65. The second-order valence-electron chi connectivity index (χ2n) is 9.35. The lowest BCUT2D eigenvalue weighted by Crippen LogP contribution is -2.51. The maximum Gasteiger partial charge on any atom is 0.119 e. The van der Waals surface area contributed by atoms with Gasteiger partial charge in [0.15, 0.2) is 0 Å². The quantitative estimate of drug-likeness (QED) is 0.636. The lowest BCUT2D eigenvalue weighted by Gasteiger charge is -2.51. The first-order valence-corrected chi connectivity index (χ1v) is 11.3. The molecule has 4 rings (SSSR count). The molecule has 0 radical (unpaired) electrons. The molecule has 0 bridgehead atoms. The van der Waals surface area contributed by atoms with Crippen molar-refractivity contribution in [1.82, 2.24) is 0 Å². The Morgan fingerprint density at radius 2 is 1.93 bits per heavy atom. The zero-order valence-corrected chi connectivity index (χ0v) is 17.5. The van der Waals surface area contributed by atoms with E-state index in [1.165, 1.54) is 56.2 Å². The molecule has 27 heavy (non-hydrogen) atoms. The highest BCUT2D eigenvalue weighted by Crippen LogP contribution is 2.50. The summed E-state index contributed by atoms with van der Waals surface area (Å²) in [6.07, 6.45) is 10.9. The van der Waals surface area contributed by atoms with Gasteiger partial charge in [0.25, 0.3) is 0 Å². The van der Waals surface area contributed by atoms with E-state index in [1.807, 2.05) is 0 Å². The lowest BCUT2D eigenvalue weighted by atomic mass is 9.70. The standard InChI is InChI=1S/C24H37NO2/c1-17(2)13-15-26-19-11-12-22-21(16-19)24-20(10-7-14-27-24)23(25(22)3)18-8-5-4-6-9-18/h11-12,16-18,20,23-24H,4-10,13-15H2,1-3H3. The summed E-state index contributed by atoms with van der Waals surface area (Å²) < 4.78 is 12.5. The molecule has 2 aliphatic heterocycles. The van der Waals surface area contributed by atoms with Gasteiger partial charge in [-0.2, -0.15) is 0 Å². The van der Waals surface area contributed by atoms with Crippen LogP contribution in [-0.2, 0) is 4.74 Å². The van der Waals surface area contributed by atoms with Gasteiger partial charge in [0.1, 0.15) is 5.75 Å². The van der Waals surface area contributed by atoms with Crippen LogP contribution in [0.3, 0.4) is 0 Å². The largest absolute Gasteiger partial charge is 0.494 e. The van der Waals surface area contributed by atoms with E-state index in [0.29, 0.717) is 17.9 Å². The van der Waals surface area contributed by atoms with Crippen LogP contribution in [0.4, 0.5) is 5.69 Å². The van der Waals surface area contributed by atoms with Crippen molar-refractivity contribution in [3.8, 4) is 5.75 Å². The predicted molar refractivity (Wildman–Crippen MR) is 112 cm³/mol. The molecule has 1 aromatic rings. The molecule has 0 aromatic heterocycles. The van der Waals surface area contributed by atoms with Crippen LogP contribution in [0, 0.1) is 17.8 Å². The van der Waals surface area contributed by atoms with E-state index >= 15 is 0 Å². The van der Waals surface area contributed by atoms with Gasteiger partial charge in [-0.25, -0.2) is 0 Å². The summed E-state index contributed by atoms with van der Waals surface area (Å²) in [4.78, 5) is 2.60. The predicted octanol–water partition coefficient (Wildman–Crippen LogP) is 5.98. The molecule has 2 fully saturated rings. The fraction of sp³-hybridized carbons (Fsp3) is 0.750. The monoisotopic (exact) mass is 371 g/mol. The van der Waals surface area contributed by atoms with Gasteiger partial charge in [0.2, 0.25) is 0 Å². The van der Waals surface area contributed by atoms with Crippen LogP contribution in [0.2, 0.25) is 0 Å². The topological polar surface area (TPSA) is 21.7 Å². The molecule has 1 saturated carbocycles. The molecule has 3 aliphatic rings. The minimum Gasteiger partial charge on any atom is -0.494 e. The van der Waals surface area contributed by atoms with Crippen molar-refractivity contribution >= 4 is 5.69 Å². The second kappa shape index (κ2) is 8.43. The van der Waals surface area contributed by atoms with Crippen LogP contribution < -0.4 is 9.64 Å². The van der Waals surface area contributed by atoms with Crippen molar-refractivity contribution in [2.24, 2.45) is 17.8 Å². The Kier molecular flexibility index (Phi) is 5.96. The molecule has 0 N–H and O–H groups in total. The third kappa shape index (κ3) is 3.99. The van der Waals surface area contributed by atoms with Crippen molar-refractivity contribution in [3.05, 3.63) is 23.8 Å². The highest BCUT2D eigenvalue weighted by molar-refractivity contribution is 5.60. The van der Waals surface area contributed by atoms with E-state index in [-0.39, 0.29) is 6.10 Å². The van der Waals surface area contributed by atoms with Crippen LogP contribution in [0.25, 0.3) is 0 Å². The van der Waals surface area contributed by atoms with Gasteiger partial charge in [-0.3, -0.25) is 0 Å². The average Bonchev–Trinajstić information content (AvgIpc) is 2.69. The van der Waals surface area contributed by atoms with Gasteiger partial charge in [0, 0.05) is 36.9 Å². The summed E-state index contributed by atoms with van der Waals surface area (Å²) in [6.45, 7) is 6.19. The molecule has 2 heterocycles. The van der Waals surface area contributed by atoms with Gasteiger partial charge < -0.3 is 14.4 Å².